The number of rotatable bonds is 11. The average Bonchev–Trinajstić information content (AvgIpc) is 3.07. The predicted molar refractivity (Wildman–Crippen MR) is 136 cm³/mol. The van der Waals surface area contributed by atoms with Gasteiger partial charge < -0.3 is 9.84 Å². The SMILES string of the molecule is CCCCCCCCOc1ccc(/C=C2\SC(=S)N(NC(=O)c3ccccc3O)C2=O)cc1. The van der Waals surface area contributed by atoms with E-state index in [1.165, 1.54) is 44.2 Å². The van der Waals surface area contributed by atoms with Crippen LogP contribution in [0.25, 0.3) is 6.08 Å². The fourth-order valence-corrected chi connectivity index (χ4v) is 4.46. The third kappa shape index (κ3) is 7.07. The van der Waals surface area contributed by atoms with Crippen LogP contribution in [0, 0.1) is 0 Å². The smallest absolute Gasteiger partial charge is 0.285 e. The molecule has 0 aliphatic carbocycles. The monoisotopic (exact) mass is 484 g/mol. The number of hydrogen-bond donors (Lipinski definition) is 2. The van der Waals surface area contributed by atoms with Gasteiger partial charge in [0.15, 0.2) is 4.32 Å². The molecule has 0 spiro atoms. The van der Waals surface area contributed by atoms with E-state index in [0.29, 0.717) is 11.5 Å². The molecule has 1 aliphatic heterocycles. The molecule has 8 heteroatoms. The first-order valence-electron chi connectivity index (χ1n) is 11.1. The number of phenolic OH excluding ortho intramolecular Hbond substituents is 1. The maximum Gasteiger partial charge on any atom is 0.285 e. The Morgan fingerprint density at radius 2 is 1.79 bits per heavy atom. The lowest BCUT2D eigenvalue weighted by Gasteiger charge is -2.16. The summed E-state index contributed by atoms with van der Waals surface area (Å²) in [7, 11) is 0. The number of hydrazine groups is 1. The summed E-state index contributed by atoms with van der Waals surface area (Å²) in [6.07, 6.45) is 9.03. The van der Waals surface area contributed by atoms with Crippen LogP contribution in [0.3, 0.4) is 0 Å². The minimum absolute atomic E-state index is 0.0621. The van der Waals surface area contributed by atoms with Crippen LogP contribution in [0.15, 0.2) is 53.4 Å². The van der Waals surface area contributed by atoms with Gasteiger partial charge in [0.25, 0.3) is 11.8 Å². The van der Waals surface area contributed by atoms with Gasteiger partial charge in [0.05, 0.1) is 17.1 Å². The fraction of sp³-hybridized carbons (Fsp3) is 0.320. The number of ether oxygens (including phenoxy) is 1. The largest absolute Gasteiger partial charge is 0.507 e. The van der Waals surface area contributed by atoms with Gasteiger partial charge in [-0.25, -0.2) is 0 Å². The Morgan fingerprint density at radius 3 is 2.52 bits per heavy atom. The number of amides is 2. The van der Waals surface area contributed by atoms with Gasteiger partial charge in [-0.3, -0.25) is 15.0 Å². The lowest BCUT2D eigenvalue weighted by molar-refractivity contribution is -0.123. The van der Waals surface area contributed by atoms with E-state index in [1.807, 2.05) is 24.3 Å². The van der Waals surface area contributed by atoms with Gasteiger partial charge in [0.1, 0.15) is 11.5 Å². The van der Waals surface area contributed by atoms with Crippen molar-refractivity contribution < 1.29 is 19.4 Å². The third-order valence-electron chi connectivity index (χ3n) is 5.10. The van der Waals surface area contributed by atoms with Crippen molar-refractivity contribution in [2.45, 2.75) is 45.4 Å². The van der Waals surface area contributed by atoms with Gasteiger partial charge in [0, 0.05) is 0 Å². The Labute approximate surface area is 204 Å². The van der Waals surface area contributed by atoms with E-state index >= 15 is 0 Å². The van der Waals surface area contributed by atoms with Crippen molar-refractivity contribution in [1.29, 1.82) is 0 Å². The summed E-state index contributed by atoms with van der Waals surface area (Å²) in [4.78, 5) is 25.6. The number of carbonyl (C=O) groups excluding carboxylic acids is 2. The standard InChI is InChI=1S/C25H28N2O4S2/c1-2-3-4-5-6-9-16-31-19-14-12-18(13-15-19)17-22-24(30)27(25(32)33-22)26-23(29)20-10-7-8-11-21(20)28/h7-8,10-15,17,28H,2-6,9,16H2,1H3,(H,26,29)/b22-17-. The van der Waals surface area contributed by atoms with Crippen molar-refractivity contribution in [3.8, 4) is 11.5 Å². The maximum atomic E-state index is 12.8. The Hall–Kier alpha value is -2.84. The average molecular weight is 485 g/mol. The molecule has 2 amide bonds. The Bertz CT molecular complexity index is 1020. The zero-order valence-electron chi connectivity index (χ0n) is 18.6. The second-order valence-corrected chi connectivity index (χ2v) is 9.34. The second kappa shape index (κ2) is 12.4. The zero-order valence-corrected chi connectivity index (χ0v) is 20.2. The number of para-hydroxylation sites is 1. The highest BCUT2D eigenvalue weighted by Crippen LogP contribution is 2.32. The molecule has 1 saturated heterocycles. The van der Waals surface area contributed by atoms with Gasteiger partial charge in [-0.2, -0.15) is 5.01 Å². The van der Waals surface area contributed by atoms with Crippen LogP contribution in [0.5, 0.6) is 11.5 Å². The molecule has 174 valence electrons. The molecule has 1 aliphatic rings. The molecule has 2 N–H and O–H groups in total. The first-order valence-corrected chi connectivity index (χ1v) is 12.3. The maximum absolute atomic E-state index is 12.8. The molecule has 0 unspecified atom stereocenters. The normalized spacial score (nSPS) is 14.7. The number of aromatic hydroxyl groups is 1. The summed E-state index contributed by atoms with van der Waals surface area (Å²) in [5.41, 5.74) is 3.36. The van der Waals surface area contributed by atoms with Gasteiger partial charge in [-0.1, -0.05) is 75.1 Å². The number of benzene rings is 2. The van der Waals surface area contributed by atoms with E-state index in [2.05, 4.69) is 12.3 Å². The third-order valence-corrected chi connectivity index (χ3v) is 6.40. The highest BCUT2D eigenvalue weighted by atomic mass is 32.2. The van der Waals surface area contributed by atoms with Crippen molar-refractivity contribution in [2.75, 3.05) is 6.61 Å². The number of unbranched alkanes of at least 4 members (excludes halogenated alkanes) is 5. The molecule has 2 aromatic rings. The molecule has 6 nitrogen and oxygen atoms in total. The lowest BCUT2D eigenvalue weighted by atomic mass is 10.1. The van der Waals surface area contributed by atoms with Crippen molar-refractivity contribution in [3.63, 3.8) is 0 Å². The summed E-state index contributed by atoms with van der Waals surface area (Å²) in [6.45, 7) is 2.91. The van der Waals surface area contributed by atoms with Crippen LogP contribution in [0.1, 0.15) is 61.4 Å². The van der Waals surface area contributed by atoms with E-state index in [-0.39, 0.29) is 15.6 Å². The summed E-state index contributed by atoms with van der Waals surface area (Å²) in [5.74, 6) is -0.410. The molecular formula is C25H28N2O4S2. The second-order valence-electron chi connectivity index (χ2n) is 7.66. The Kier molecular flexibility index (Phi) is 9.33. The summed E-state index contributed by atoms with van der Waals surface area (Å²) in [6, 6.07) is 13.6. The highest BCUT2D eigenvalue weighted by Gasteiger charge is 2.34. The van der Waals surface area contributed by atoms with Crippen LogP contribution >= 0.6 is 24.0 Å². The Morgan fingerprint density at radius 1 is 1.09 bits per heavy atom. The van der Waals surface area contributed by atoms with Gasteiger partial charge in [0.2, 0.25) is 0 Å². The molecular weight excluding hydrogens is 456 g/mol. The van der Waals surface area contributed by atoms with Gasteiger partial charge in [-0.05, 0) is 54.5 Å². The van der Waals surface area contributed by atoms with Crippen molar-refractivity contribution in [3.05, 3.63) is 64.6 Å². The first-order chi connectivity index (χ1) is 16.0. The molecule has 1 heterocycles. The van der Waals surface area contributed by atoms with Crippen LogP contribution in [-0.4, -0.2) is 32.9 Å². The molecule has 0 bridgehead atoms. The summed E-state index contributed by atoms with van der Waals surface area (Å²) < 4.78 is 6.02. The van der Waals surface area contributed by atoms with E-state index in [4.69, 9.17) is 17.0 Å². The molecule has 0 saturated carbocycles. The van der Waals surface area contributed by atoms with Crippen LogP contribution in [0.4, 0.5) is 0 Å². The van der Waals surface area contributed by atoms with Gasteiger partial charge in [-0.15, -0.1) is 0 Å². The van der Waals surface area contributed by atoms with Crippen LogP contribution in [0.2, 0.25) is 0 Å². The van der Waals surface area contributed by atoms with E-state index < -0.39 is 11.8 Å². The van der Waals surface area contributed by atoms with E-state index in [1.54, 1.807) is 18.2 Å². The number of nitrogens with zero attached hydrogens (tertiary/aromatic N) is 1. The molecule has 3 rings (SSSR count). The van der Waals surface area contributed by atoms with E-state index in [0.717, 1.165) is 34.5 Å². The lowest BCUT2D eigenvalue weighted by Crippen LogP contribution is -2.44. The Balaban J connectivity index is 1.53. The van der Waals surface area contributed by atoms with Crippen molar-refractivity contribution >= 4 is 46.2 Å². The van der Waals surface area contributed by atoms with Gasteiger partial charge >= 0.3 is 0 Å². The molecule has 0 radical (unpaired) electrons. The number of phenols is 1. The first kappa shape index (κ1) is 24.8. The van der Waals surface area contributed by atoms with Crippen molar-refractivity contribution in [2.24, 2.45) is 0 Å². The van der Waals surface area contributed by atoms with E-state index in [9.17, 15) is 14.7 Å². The minimum Gasteiger partial charge on any atom is -0.507 e. The molecule has 0 atom stereocenters. The highest BCUT2D eigenvalue weighted by molar-refractivity contribution is 8.26. The topological polar surface area (TPSA) is 78.9 Å². The number of thioether (sulfide) groups is 1. The summed E-state index contributed by atoms with van der Waals surface area (Å²) >= 11 is 6.36. The quantitative estimate of drug-likeness (QED) is 0.243. The number of thiocarbonyl (C=S) groups is 1. The minimum atomic E-state index is -0.613. The fourth-order valence-electron chi connectivity index (χ4n) is 3.28. The number of hydrogen-bond acceptors (Lipinski definition) is 6. The number of nitrogens with one attached hydrogen (secondary N) is 1. The molecule has 33 heavy (non-hydrogen) atoms. The zero-order chi connectivity index (χ0) is 23.6. The summed E-state index contributed by atoms with van der Waals surface area (Å²) in [5, 5.41) is 10.9. The molecule has 1 fully saturated rings. The predicted octanol–water partition coefficient (Wildman–Crippen LogP) is 5.68. The van der Waals surface area contributed by atoms with Crippen molar-refractivity contribution in [1.82, 2.24) is 10.4 Å². The molecule has 0 aromatic heterocycles. The van der Waals surface area contributed by atoms with Crippen LogP contribution in [-0.2, 0) is 4.79 Å². The molecule has 2 aromatic carbocycles. The number of carbonyl (C=O) groups is 2. The van der Waals surface area contributed by atoms with Crippen LogP contribution < -0.4 is 10.2 Å².